The largest absolute Gasteiger partial charge is 0.346 e. The maximum Gasteiger partial charge on any atom is 0.285 e. The Balaban J connectivity index is 0.00000361. The normalized spacial score (nSPS) is 10.6. The molecule has 1 aromatic carbocycles. The second-order valence-corrected chi connectivity index (χ2v) is 3.66. The summed E-state index contributed by atoms with van der Waals surface area (Å²) in [5.41, 5.74) is 3.47. The summed E-state index contributed by atoms with van der Waals surface area (Å²) < 4.78 is 38.5. The summed E-state index contributed by atoms with van der Waals surface area (Å²) in [5, 5.41) is 12.4. The van der Waals surface area contributed by atoms with Gasteiger partial charge in [0.15, 0.2) is 0 Å². The van der Waals surface area contributed by atoms with E-state index in [9.17, 15) is 28.1 Å². The Kier molecular flexibility index (Phi) is 6.40. The van der Waals surface area contributed by atoms with Crippen molar-refractivity contribution in [2.75, 3.05) is 13.1 Å². The third-order valence-corrected chi connectivity index (χ3v) is 2.21. The molecule has 0 atom stereocenters. The summed E-state index contributed by atoms with van der Waals surface area (Å²) in [6.45, 7) is -2.03. The van der Waals surface area contributed by atoms with Crippen LogP contribution in [0.1, 0.15) is 10.4 Å². The van der Waals surface area contributed by atoms with Crippen LogP contribution in [0.5, 0.6) is 0 Å². The lowest BCUT2D eigenvalue weighted by atomic mass is 10.1. The minimum Gasteiger partial charge on any atom is -0.346 e. The molecule has 0 spiro atoms. The van der Waals surface area contributed by atoms with Crippen molar-refractivity contribution in [3.63, 3.8) is 0 Å². The van der Waals surface area contributed by atoms with E-state index in [4.69, 9.17) is 5.73 Å². The molecule has 0 fully saturated rings. The number of nitrogens with zero attached hydrogens (tertiary/aromatic N) is 1. The smallest absolute Gasteiger partial charge is 0.285 e. The fourth-order valence-electron chi connectivity index (χ4n) is 1.22. The number of alkyl halides is 2. The highest BCUT2D eigenvalue weighted by Gasteiger charge is 2.29. The minimum atomic E-state index is -3.32. The standard InChI is InChI=1S/C10H10F3N3O3.ClH/c11-6-1-2-7(8(3-6)16(18)19)9(17)15-5-10(12,13)4-14;/h1-3H,4-5,14H2,(H,15,17);1H. The molecule has 0 saturated heterocycles. The number of hydrogen-bond donors (Lipinski definition) is 2. The number of rotatable bonds is 5. The number of carbonyl (C=O) groups is 1. The van der Waals surface area contributed by atoms with Crippen molar-refractivity contribution in [2.45, 2.75) is 5.92 Å². The Hall–Kier alpha value is -1.87. The summed E-state index contributed by atoms with van der Waals surface area (Å²) >= 11 is 0. The minimum absolute atomic E-state index is 0. The third-order valence-electron chi connectivity index (χ3n) is 2.21. The van der Waals surface area contributed by atoms with E-state index in [0.717, 1.165) is 12.1 Å². The Bertz CT molecular complexity index is 514. The van der Waals surface area contributed by atoms with Gasteiger partial charge in [0.25, 0.3) is 17.5 Å². The quantitative estimate of drug-likeness (QED) is 0.635. The van der Waals surface area contributed by atoms with E-state index in [1.807, 2.05) is 5.32 Å². The van der Waals surface area contributed by atoms with Gasteiger partial charge in [-0.25, -0.2) is 13.2 Å². The summed E-state index contributed by atoms with van der Waals surface area (Å²) in [5.74, 6) is -5.32. The topological polar surface area (TPSA) is 98.3 Å². The van der Waals surface area contributed by atoms with Crippen LogP contribution >= 0.6 is 12.4 Å². The number of nitrogens with two attached hydrogens (primary N) is 1. The molecular weight excluding hydrogens is 303 g/mol. The van der Waals surface area contributed by atoms with Crippen LogP contribution in [-0.2, 0) is 0 Å². The van der Waals surface area contributed by atoms with Crippen molar-refractivity contribution in [1.29, 1.82) is 0 Å². The van der Waals surface area contributed by atoms with Crippen LogP contribution in [0.2, 0.25) is 0 Å². The van der Waals surface area contributed by atoms with Gasteiger partial charge in [-0.15, -0.1) is 12.4 Å². The molecule has 0 radical (unpaired) electrons. The number of amides is 1. The molecule has 0 aliphatic rings. The second-order valence-electron chi connectivity index (χ2n) is 3.66. The van der Waals surface area contributed by atoms with E-state index in [1.165, 1.54) is 0 Å². The highest BCUT2D eigenvalue weighted by Crippen LogP contribution is 2.20. The van der Waals surface area contributed by atoms with E-state index in [-0.39, 0.29) is 12.4 Å². The number of nitro groups is 1. The molecule has 0 saturated carbocycles. The summed E-state index contributed by atoms with van der Waals surface area (Å²) in [4.78, 5) is 21.2. The monoisotopic (exact) mass is 313 g/mol. The van der Waals surface area contributed by atoms with E-state index in [2.05, 4.69) is 0 Å². The lowest BCUT2D eigenvalue weighted by Crippen LogP contribution is -2.41. The SMILES string of the molecule is Cl.NCC(F)(F)CNC(=O)c1ccc(F)cc1[N+](=O)[O-]. The van der Waals surface area contributed by atoms with Crippen LogP contribution in [0, 0.1) is 15.9 Å². The summed E-state index contributed by atoms with van der Waals surface area (Å²) in [6, 6.07) is 2.21. The van der Waals surface area contributed by atoms with Crippen molar-refractivity contribution < 1.29 is 22.9 Å². The number of hydrogen-bond acceptors (Lipinski definition) is 4. The molecule has 0 aliphatic heterocycles. The van der Waals surface area contributed by atoms with Crippen LogP contribution in [0.4, 0.5) is 18.9 Å². The molecule has 0 heterocycles. The zero-order chi connectivity index (χ0) is 14.6. The predicted molar refractivity (Wildman–Crippen MR) is 66.6 cm³/mol. The lowest BCUT2D eigenvalue weighted by Gasteiger charge is -2.14. The Morgan fingerprint density at radius 3 is 2.55 bits per heavy atom. The van der Waals surface area contributed by atoms with Crippen LogP contribution < -0.4 is 11.1 Å². The first-order chi connectivity index (χ1) is 8.76. The molecule has 1 aromatic rings. The number of carbonyl (C=O) groups excluding carboxylic acids is 1. The van der Waals surface area contributed by atoms with Crippen LogP contribution in [-0.4, -0.2) is 29.8 Å². The molecule has 0 bridgehead atoms. The van der Waals surface area contributed by atoms with Gasteiger partial charge in [-0.3, -0.25) is 14.9 Å². The molecule has 20 heavy (non-hydrogen) atoms. The molecule has 1 rings (SSSR count). The third kappa shape index (κ3) is 4.67. The van der Waals surface area contributed by atoms with Crippen molar-refractivity contribution >= 4 is 24.0 Å². The van der Waals surface area contributed by atoms with Crippen molar-refractivity contribution in [2.24, 2.45) is 5.73 Å². The van der Waals surface area contributed by atoms with Gasteiger partial charge in [-0.1, -0.05) is 0 Å². The number of halogens is 4. The molecule has 0 aliphatic carbocycles. The average Bonchev–Trinajstić information content (AvgIpc) is 2.36. The Labute approximate surface area is 117 Å². The summed E-state index contributed by atoms with van der Waals surface area (Å²) in [7, 11) is 0. The van der Waals surface area contributed by atoms with Crippen LogP contribution in [0.25, 0.3) is 0 Å². The van der Waals surface area contributed by atoms with Gasteiger partial charge in [0, 0.05) is 0 Å². The van der Waals surface area contributed by atoms with Gasteiger partial charge in [0.05, 0.1) is 24.1 Å². The van der Waals surface area contributed by atoms with Crippen molar-refractivity contribution in [3.05, 3.63) is 39.7 Å². The van der Waals surface area contributed by atoms with Crippen molar-refractivity contribution in [1.82, 2.24) is 5.32 Å². The maximum absolute atomic E-state index is 12.8. The van der Waals surface area contributed by atoms with Gasteiger partial charge in [0.2, 0.25) is 0 Å². The van der Waals surface area contributed by atoms with Gasteiger partial charge in [0.1, 0.15) is 11.4 Å². The highest BCUT2D eigenvalue weighted by atomic mass is 35.5. The molecule has 0 unspecified atom stereocenters. The van der Waals surface area contributed by atoms with E-state index >= 15 is 0 Å². The molecular formula is C10H11ClF3N3O3. The first-order valence-corrected chi connectivity index (χ1v) is 5.07. The van der Waals surface area contributed by atoms with Crippen LogP contribution in [0.15, 0.2) is 18.2 Å². The first kappa shape index (κ1) is 18.1. The molecule has 6 nitrogen and oxygen atoms in total. The zero-order valence-electron chi connectivity index (χ0n) is 9.94. The fraction of sp³-hybridized carbons (Fsp3) is 0.300. The lowest BCUT2D eigenvalue weighted by molar-refractivity contribution is -0.385. The van der Waals surface area contributed by atoms with Gasteiger partial charge in [-0.2, -0.15) is 0 Å². The molecule has 1 amide bonds. The van der Waals surface area contributed by atoms with Gasteiger partial charge < -0.3 is 11.1 Å². The second kappa shape index (κ2) is 7.06. The van der Waals surface area contributed by atoms with Gasteiger partial charge >= 0.3 is 0 Å². The number of benzene rings is 1. The van der Waals surface area contributed by atoms with Crippen LogP contribution in [0.3, 0.4) is 0 Å². The Morgan fingerprint density at radius 1 is 1.45 bits per heavy atom. The maximum atomic E-state index is 12.8. The zero-order valence-corrected chi connectivity index (χ0v) is 10.8. The summed E-state index contributed by atoms with van der Waals surface area (Å²) in [6.07, 6.45) is 0. The van der Waals surface area contributed by atoms with E-state index in [1.54, 1.807) is 0 Å². The predicted octanol–water partition coefficient (Wildman–Crippen LogP) is 1.48. The average molecular weight is 314 g/mol. The Morgan fingerprint density at radius 2 is 2.05 bits per heavy atom. The fourth-order valence-corrected chi connectivity index (χ4v) is 1.22. The molecule has 0 aromatic heterocycles. The van der Waals surface area contributed by atoms with Gasteiger partial charge in [-0.05, 0) is 12.1 Å². The van der Waals surface area contributed by atoms with E-state index in [0.29, 0.717) is 6.07 Å². The molecule has 10 heteroatoms. The number of nitro benzene ring substituents is 1. The van der Waals surface area contributed by atoms with E-state index < -0.39 is 46.9 Å². The van der Waals surface area contributed by atoms with Crippen molar-refractivity contribution in [3.8, 4) is 0 Å². The highest BCUT2D eigenvalue weighted by molar-refractivity contribution is 5.98. The molecule has 112 valence electrons. The molecule has 3 N–H and O–H groups in total. The number of nitrogens with one attached hydrogen (secondary N) is 1. The first-order valence-electron chi connectivity index (χ1n) is 5.07.